The van der Waals surface area contributed by atoms with Crippen LogP contribution in [0.1, 0.15) is 39.5 Å². The molecule has 1 aliphatic heterocycles. The van der Waals surface area contributed by atoms with Gasteiger partial charge in [-0.05, 0) is 32.1 Å². The number of allylic oxidation sites excluding steroid dienone is 1. The van der Waals surface area contributed by atoms with E-state index in [9.17, 15) is 4.79 Å². The van der Waals surface area contributed by atoms with Gasteiger partial charge in [-0.15, -0.1) is 0 Å². The highest BCUT2D eigenvalue weighted by atomic mass is 16.6. The number of hydrogen-bond acceptors (Lipinski definition) is 3. The fourth-order valence-corrected chi connectivity index (χ4v) is 3.15. The molecule has 18 heavy (non-hydrogen) atoms. The third kappa shape index (κ3) is 2.37. The SMILES string of the molecule is C=C1C(=O)O[C@@H]2CC(C)=C([C@@H](C)CCCO)C[C@H]12. The quantitative estimate of drug-likeness (QED) is 0.474. The van der Waals surface area contributed by atoms with Crippen LogP contribution in [0, 0.1) is 11.8 Å². The van der Waals surface area contributed by atoms with Crippen molar-refractivity contribution in [3.8, 4) is 0 Å². The summed E-state index contributed by atoms with van der Waals surface area (Å²) in [7, 11) is 0. The van der Waals surface area contributed by atoms with Gasteiger partial charge in [-0.25, -0.2) is 4.79 Å². The van der Waals surface area contributed by atoms with Crippen molar-refractivity contribution in [2.75, 3.05) is 6.61 Å². The molecule has 0 aromatic heterocycles. The maximum absolute atomic E-state index is 11.5. The highest BCUT2D eigenvalue weighted by Gasteiger charge is 2.42. The molecule has 3 heteroatoms. The Morgan fingerprint density at radius 3 is 2.89 bits per heavy atom. The summed E-state index contributed by atoms with van der Waals surface area (Å²) >= 11 is 0. The molecule has 1 aliphatic carbocycles. The number of hydrogen-bond donors (Lipinski definition) is 1. The van der Waals surface area contributed by atoms with E-state index in [-0.39, 0.29) is 24.6 Å². The van der Waals surface area contributed by atoms with Crippen LogP contribution in [0.15, 0.2) is 23.3 Å². The summed E-state index contributed by atoms with van der Waals surface area (Å²) < 4.78 is 5.34. The van der Waals surface area contributed by atoms with Crippen LogP contribution >= 0.6 is 0 Å². The Morgan fingerprint density at radius 2 is 2.22 bits per heavy atom. The molecule has 1 N–H and O–H groups in total. The minimum Gasteiger partial charge on any atom is -0.458 e. The molecule has 3 atom stereocenters. The first kappa shape index (κ1) is 13.3. The van der Waals surface area contributed by atoms with E-state index in [0.717, 1.165) is 25.7 Å². The zero-order valence-corrected chi connectivity index (χ0v) is 11.2. The largest absolute Gasteiger partial charge is 0.458 e. The van der Waals surface area contributed by atoms with Crippen molar-refractivity contribution in [3.63, 3.8) is 0 Å². The van der Waals surface area contributed by atoms with Crippen LogP contribution in [-0.2, 0) is 9.53 Å². The molecule has 0 unspecified atom stereocenters. The Bertz CT molecular complexity index is 395. The average Bonchev–Trinajstić information content (AvgIpc) is 2.60. The van der Waals surface area contributed by atoms with Gasteiger partial charge in [0, 0.05) is 24.5 Å². The smallest absolute Gasteiger partial charge is 0.334 e. The lowest BCUT2D eigenvalue weighted by Crippen LogP contribution is -2.25. The summed E-state index contributed by atoms with van der Waals surface area (Å²) in [5.41, 5.74) is 3.42. The van der Waals surface area contributed by atoms with E-state index in [0.29, 0.717) is 11.5 Å². The van der Waals surface area contributed by atoms with Gasteiger partial charge in [0.1, 0.15) is 6.10 Å². The van der Waals surface area contributed by atoms with Crippen LogP contribution in [0.2, 0.25) is 0 Å². The van der Waals surface area contributed by atoms with E-state index >= 15 is 0 Å². The summed E-state index contributed by atoms with van der Waals surface area (Å²) in [6, 6.07) is 0. The van der Waals surface area contributed by atoms with Crippen molar-refractivity contribution in [2.24, 2.45) is 11.8 Å². The van der Waals surface area contributed by atoms with Crippen molar-refractivity contribution in [1.82, 2.24) is 0 Å². The van der Waals surface area contributed by atoms with E-state index in [1.54, 1.807) is 0 Å². The molecule has 0 radical (unpaired) electrons. The Balaban J connectivity index is 2.10. The third-order valence-electron chi connectivity index (χ3n) is 4.30. The molecule has 2 aliphatic rings. The van der Waals surface area contributed by atoms with Crippen LogP contribution in [0.3, 0.4) is 0 Å². The minimum absolute atomic E-state index is 0.0128. The monoisotopic (exact) mass is 250 g/mol. The van der Waals surface area contributed by atoms with Gasteiger partial charge in [-0.2, -0.15) is 0 Å². The van der Waals surface area contributed by atoms with Gasteiger partial charge in [0.25, 0.3) is 0 Å². The maximum Gasteiger partial charge on any atom is 0.334 e. The second-order valence-corrected chi connectivity index (χ2v) is 5.56. The molecule has 3 nitrogen and oxygen atoms in total. The van der Waals surface area contributed by atoms with Gasteiger partial charge < -0.3 is 9.84 Å². The topological polar surface area (TPSA) is 46.5 Å². The molecule has 1 heterocycles. The number of esters is 1. The predicted octanol–water partition coefficient (Wildman–Crippen LogP) is 2.60. The molecular weight excluding hydrogens is 228 g/mol. The molecule has 0 amide bonds. The summed E-state index contributed by atoms with van der Waals surface area (Å²) in [4.78, 5) is 11.5. The average molecular weight is 250 g/mol. The highest BCUT2D eigenvalue weighted by molar-refractivity contribution is 5.91. The molecule has 0 bridgehead atoms. The number of fused-ring (bicyclic) bond motifs is 1. The molecular formula is C15H22O3. The van der Waals surface area contributed by atoms with Gasteiger partial charge in [0.15, 0.2) is 0 Å². The predicted molar refractivity (Wildman–Crippen MR) is 69.9 cm³/mol. The number of carbonyl (C=O) groups excluding carboxylic acids is 1. The zero-order valence-electron chi connectivity index (χ0n) is 11.2. The first-order chi connectivity index (χ1) is 8.54. The summed E-state index contributed by atoms with van der Waals surface area (Å²) in [6.07, 6.45) is 3.59. The number of aliphatic hydroxyl groups is 1. The third-order valence-corrected chi connectivity index (χ3v) is 4.30. The zero-order chi connectivity index (χ0) is 13.3. The van der Waals surface area contributed by atoms with Crippen LogP contribution < -0.4 is 0 Å². The lowest BCUT2D eigenvalue weighted by atomic mass is 9.75. The minimum atomic E-state index is -0.220. The highest BCUT2D eigenvalue weighted by Crippen LogP contribution is 2.43. The Kier molecular flexibility index (Phi) is 3.91. The molecule has 0 saturated carbocycles. The Hall–Kier alpha value is -1.09. The molecule has 0 aromatic carbocycles. The molecule has 0 spiro atoms. The first-order valence-electron chi connectivity index (χ1n) is 6.73. The van der Waals surface area contributed by atoms with E-state index in [4.69, 9.17) is 9.84 Å². The number of ether oxygens (including phenoxy) is 1. The van der Waals surface area contributed by atoms with Gasteiger partial charge in [0.05, 0.1) is 0 Å². The molecule has 2 rings (SSSR count). The summed E-state index contributed by atoms with van der Waals surface area (Å²) in [6.45, 7) is 8.45. The van der Waals surface area contributed by atoms with E-state index < -0.39 is 0 Å². The van der Waals surface area contributed by atoms with Gasteiger partial charge in [-0.3, -0.25) is 0 Å². The number of rotatable bonds is 4. The number of aliphatic hydroxyl groups excluding tert-OH is 1. The normalized spacial score (nSPS) is 29.3. The van der Waals surface area contributed by atoms with E-state index in [2.05, 4.69) is 20.4 Å². The van der Waals surface area contributed by atoms with Gasteiger partial charge >= 0.3 is 5.97 Å². The van der Waals surface area contributed by atoms with Crippen molar-refractivity contribution in [2.45, 2.75) is 45.6 Å². The fraction of sp³-hybridized carbons (Fsp3) is 0.667. The van der Waals surface area contributed by atoms with Crippen LogP contribution in [0.25, 0.3) is 0 Å². The summed E-state index contributed by atoms with van der Waals surface area (Å²) in [5, 5.41) is 8.91. The lowest BCUT2D eigenvalue weighted by molar-refractivity contribution is -0.139. The van der Waals surface area contributed by atoms with Gasteiger partial charge in [-0.1, -0.05) is 24.6 Å². The maximum atomic E-state index is 11.5. The Morgan fingerprint density at radius 1 is 1.50 bits per heavy atom. The second-order valence-electron chi connectivity index (χ2n) is 5.56. The number of carbonyl (C=O) groups is 1. The van der Waals surface area contributed by atoms with Crippen molar-refractivity contribution >= 4 is 5.97 Å². The van der Waals surface area contributed by atoms with Crippen molar-refractivity contribution in [3.05, 3.63) is 23.3 Å². The molecule has 1 saturated heterocycles. The van der Waals surface area contributed by atoms with E-state index in [1.807, 2.05) is 0 Å². The first-order valence-corrected chi connectivity index (χ1v) is 6.73. The molecule has 1 fully saturated rings. The van der Waals surface area contributed by atoms with E-state index in [1.165, 1.54) is 11.1 Å². The standard InChI is InChI=1S/C15H22O3/c1-9(5-4-6-16)12-8-13-11(3)15(17)18-14(13)7-10(12)2/h9,13-14,16H,3-8H2,1-2H3/t9-,13+,14+/m0/s1. The van der Waals surface area contributed by atoms with Crippen molar-refractivity contribution in [1.29, 1.82) is 0 Å². The van der Waals surface area contributed by atoms with Crippen LogP contribution in [0.4, 0.5) is 0 Å². The summed E-state index contributed by atoms with van der Waals surface area (Å²) in [5.74, 6) is 0.427. The van der Waals surface area contributed by atoms with Crippen LogP contribution in [-0.4, -0.2) is 23.8 Å². The Labute approximate surface area is 109 Å². The second kappa shape index (κ2) is 5.27. The van der Waals surface area contributed by atoms with Crippen LogP contribution in [0.5, 0.6) is 0 Å². The lowest BCUT2D eigenvalue weighted by Gasteiger charge is -2.30. The molecule has 0 aromatic rings. The molecule has 100 valence electrons. The fourth-order valence-electron chi connectivity index (χ4n) is 3.15. The van der Waals surface area contributed by atoms with Gasteiger partial charge in [0.2, 0.25) is 0 Å². The van der Waals surface area contributed by atoms with Crippen molar-refractivity contribution < 1.29 is 14.6 Å².